The van der Waals surface area contributed by atoms with Crippen LogP contribution in [0.15, 0.2) is 42.5 Å². The van der Waals surface area contributed by atoms with Gasteiger partial charge in [0.05, 0.1) is 10.9 Å². The van der Waals surface area contributed by atoms with Gasteiger partial charge < -0.3 is 15.2 Å². The number of hydrogen-bond donors (Lipinski definition) is 1. The van der Waals surface area contributed by atoms with E-state index in [1.165, 1.54) is 36.4 Å². The molecule has 6 nitrogen and oxygen atoms in total. The normalized spacial score (nSPS) is 10.1. The lowest BCUT2D eigenvalue weighted by Crippen LogP contribution is -2.23. The Morgan fingerprint density at radius 3 is 2.60 bits per heavy atom. The lowest BCUT2D eigenvalue weighted by molar-refractivity contribution is -0.384. The minimum Gasteiger partial charge on any atom is -0.545 e. The summed E-state index contributed by atoms with van der Waals surface area (Å²) in [6, 6.07) is 9.83. The van der Waals surface area contributed by atoms with Crippen LogP contribution in [0.5, 0.6) is 0 Å². The largest absolute Gasteiger partial charge is 0.545 e. The summed E-state index contributed by atoms with van der Waals surface area (Å²) < 4.78 is 0. The Balaban J connectivity index is 2.39. The highest BCUT2D eigenvalue weighted by atomic mass is 35.5. The van der Waals surface area contributed by atoms with E-state index in [0.29, 0.717) is 10.7 Å². The molecular weight excluding hydrogens is 284 g/mol. The van der Waals surface area contributed by atoms with Crippen LogP contribution in [0, 0.1) is 10.1 Å². The zero-order chi connectivity index (χ0) is 14.7. The van der Waals surface area contributed by atoms with Gasteiger partial charge in [-0.3, -0.25) is 10.1 Å². The van der Waals surface area contributed by atoms with E-state index in [1.807, 2.05) is 0 Å². The zero-order valence-corrected chi connectivity index (χ0v) is 10.8. The molecule has 102 valence electrons. The number of rotatable bonds is 4. The van der Waals surface area contributed by atoms with E-state index in [-0.39, 0.29) is 16.9 Å². The van der Waals surface area contributed by atoms with E-state index in [0.717, 1.165) is 0 Å². The molecule has 0 fully saturated rings. The molecule has 2 aromatic carbocycles. The summed E-state index contributed by atoms with van der Waals surface area (Å²) in [5.74, 6) is -1.37. The number of anilines is 2. The molecule has 0 spiro atoms. The number of nitrogens with zero attached hydrogens (tertiary/aromatic N) is 1. The van der Waals surface area contributed by atoms with E-state index < -0.39 is 10.9 Å². The van der Waals surface area contributed by atoms with Crippen LogP contribution < -0.4 is 10.4 Å². The molecule has 0 saturated heterocycles. The van der Waals surface area contributed by atoms with Gasteiger partial charge in [0.25, 0.3) is 5.69 Å². The fourth-order valence-corrected chi connectivity index (χ4v) is 1.82. The molecule has 2 aromatic rings. The van der Waals surface area contributed by atoms with Gasteiger partial charge in [-0.2, -0.15) is 0 Å². The summed E-state index contributed by atoms with van der Waals surface area (Å²) in [5, 5.41) is 24.8. The van der Waals surface area contributed by atoms with Gasteiger partial charge in [-0.05, 0) is 24.3 Å². The van der Waals surface area contributed by atoms with Gasteiger partial charge in [0.15, 0.2) is 0 Å². The van der Waals surface area contributed by atoms with Gasteiger partial charge in [-0.25, -0.2) is 0 Å². The third-order valence-corrected chi connectivity index (χ3v) is 2.77. The first-order valence-electron chi connectivity index (χ1n) is 5.50. The summed E-state index contributed by atoms with van der Waals surface area (Å²) in [6.07, 6.45) is 0. The highest BCUT2D eigenvalue weighted by Gasteiger charge is 2.08. The molecule has 0 aliphatic carbocycles. The fraction of sp³-hybridized carbons (Fsp3) is 0. The van der Waals surface area contributed by atoms with Crippen molar-refractivity contribution >= 4 is 34.6 Å². The summed E-state index contributed by atoms with van der Waals surface area (Å²) in [5.41, 5.74) is 0.398. The van der Waals surface area contributed by atoms with Crippen molar-refractivity contribution in [1.82, 2.24) is 0 Å². The Labute approximate surface area is 118 Å². The van der Waals surface area contributed by atoms with Crippen LogP contribution in [0.2, 0.25) is 5.02 Å². The standard InChI is InChI=1S/C13H9ClN2O4/c14-8-4-5-11(13(17)18)12(6-8)15-9-2-1-3-10(7-9)16(19)20/h1-7,15H,(H,17,18)/p-1. The molecule has 7 heteroatoms. The molecule has 0 aromatic heterocycles. The van der Waals surface area contributed by atoms with Crippen molar-refractivity contribution in [2.24, 2.45) is 0 Å². The van der Waals surface area contributed by atoms with Gasteiger partial charge in [-0.15, -0.1) is 0 Å². The van der Waals surface area contributed by atoms with Gasteiger partial charge >= 0.3 is 0 Å². The number of carbonyl (C=O) groups is 1. The number of hydrogen-bond acceptors (Lipinski definition) is 5. The Hall–Kier alpha value is -2.60. The molecule has 20 heavy (non-hydrogen) atoms. The maximum Gasteiger partial charge on any atom is 0.271 e. The minimum absolute atomic E-state index is 0.0825. The van der Waals surface area contributed by atoms with Crippen LogP contribution in [0.1, 0.15) is 10.4 Å². The average molecular weight is 292 g/mol. The van der Waals surface area contributed by atoms with Crippen LogP contribution in [-0.2, 0) is 0 Å². The minimum atomic E-state index is -1.37. The van der Waals surface area contributed by atoms with Crippen LogP contribution in [-0.4, -0.2) is 10.9 Å². The number of carbonyl (C=O) groups excluding carboxylic acids is 1. The summed E-state index contributed by atoms with van der Waals surface area (Å²) in [4.78, 5) is 21.1. The first-order chi connectivity index (χ1) is 9.47. The topological polar surface area (TPSA) is 95.3 Å². The van der Waals surface area contributed by atoms with Gasteiger partial charge in [-0.1, -0.05) is 17.7 Å². The Bertz CT molecular complexity index is 688. The smallest absolute Gasteiger partial charge is 0.271 e. The number of nitro benzene ring substituents is 1. The van der Waals surface area contributed by atoms with Crippen LogP contribution in [0.25, 0.3) is 0 Å². The lowest BCUT2D eigenvalue weighted by Gasteiger charge is -2.13. The average Bonchev–Trinajstić information content (AvgIpc) is 2.38. The molecule has 1 N–H and O–H groups in total. The van der Waals surface area contributed by atoms with E-state index in [9.17, 15) is 20.0 Å². The number of carboxylic acids is 1. The number of aromatic carboxylic acids is 1. The van der Waals surface area contributed by atoms with Gasteiger partial charge in [0.2, 0.25) is 0 Å². The second kappa shape index (κ2) is 5.58. The first-order valence-corrected chi connectivity index (χ1v) is 5.87. The molecule has 2 rings (SSSR count). The van der Waals surface area contributed by atoms with Crippen molar-refractivity contribution in [3.63, 3.8) is 0 Å². The SMILES string of the molecule is O=C([O-])c1ccc(Cl)cc1Nc1cccc([N+](=O)[O-])c1. The Morgan fingerprint density at radius 2 is 1.95 bits per heavy atom. The van der Waals surface area contributed by atoms with Crippen molar-refractivity contribution < 1.29 is 14.8 Å². The third kappa shape index (κ3) is 3.04. The number of nitro groups is 1. The lowest BCUT2D eigenvalue weighted by atomic mass is 10.1. The van der Waals surface area contributed by atoms with E-state index in [2.05, 4.69) is 5.32 Å². The molecule has 0 amide bonds. The fourth-order valence-electron chi connectivity index (χ4n) is 1.65. The number of carboxylic acid groups (broad SMARTS) is 1. The van der Waals surface area contributed by atoms with Crippen molar-refractivity contribution in [3.05, 3.63) is 63.2 Å². The number of benzene rings is 2. The first kappa shape index (κ1) is 13.8. The number of halogens is 1. The molecule has 0 saturated carbocycles. The molecule has 0 aliphatic heterocycles. The van der Waals surface area contributed by atoms with Crippen molar-refractivity contribution in [2.75, 3.05) is 5.32 Å². The molecule has 0 atom stereocenters. The molecule has 0 unspecified atom stereocenters. The van der Waals surface area contributed by atoms with E-state index >= 15 is 0 Å². The van der Waals surface area contributed by atoms with E-state index in [4.69, 9.17) is 11.6 Å². The molecule has 0 heterocycles. The summed E-state index contributed by atoms with van der Waals surface area (Å²) >= 11 is 5.81. The molecule has 0 bridgehead atoms. The van der Waals surface area contributed by atoms with Crippen molar-refractivity contribution in [2.45, 2.75) is 0 Å². The van der Waals surface area contributed by atoms with E-state index in [1.54, 1.807) is 6.07 Å². The maximum atomic E-state index is 11.0. The van der Waals surface area contributed by atoms with Crippen molar-refractivity contribution in [1.29, 1.82) is 0 Å². The highest BCUT2D eigenvalue weighted by Crippen LogP contribution is 2.26. The predicted molar refractivity (Wildman–Crippen MR) is 72.2 cm³/mol. The monoisotopic (exact) mass is 291 g/mol. The number of non-ortho nitro benzene ring substituents is 1. The van der Waals surface area contributed by atoms with Crippen LogP contribution >= 0.6 is 11.6 Å². The van der Waals surface area contributed by atoms with Gasteiger partial charge in [0.1, 0.15) is 0 Å². The highest BCUT2D eigenvalue weighted by molar-refractivity contribution is 6.31. The summed E-state index contributed by atoms with van der Waals surface area (Å²) in [7, 11) is 0. The summed E-state index contributed by atoms with van der Waals surface area (Å²) in [6.45, 7) is 0. The molecular formula is C13H8ClN2O4-. The quantitative estimate of drug-likeness (QED) is 0.689. The second-order valence-electron chi connectivity index (χ2n) is 3.91. The number of nitrogens with one attached hydrogen (secondary N) is 1. The second-order valence-corrected chi connectivity index (χ2v) is 4.35. The third-order valence-electron chi connectivity index (χ3n) is 2.54. The molecule has 0 radical (unpaired) electrons. The maximum absolute atomic E-state index is 11.0. The zero-order valence-electron chi connectivity index (χ0n) is 10.00. The van der Waals surface area contributed by atoms with Gasteiger partial charge in [0, 0.05) is 34.1 Å². The van der Waals surface area contributed by atoms with Crippen molar-refractivity contribution in [3.8, 4) is 0 Å². The van der Waals surface area contributed by atoms with Crippen LogP contribution in [0.4, 0.5) is 17.1 Å². The Kier molecular flexibility index (Phi) is 3.86. The molecule has 0 aliphatic rings. The predicted octanol–water partition coefficient (Wildman–Crippen LogP) is 2.36. The Morgan fingerprint density at radius 1 is 1.20 bits per heavy atom. The van der Waals surface area contributed by atoms with Crippen LogP contribution in [0.3, 0.4) is 0 Å².